The highest BCUT2D eigenvalue weighted by Gasteiger charge is 2.36. The first-order valence-corrected chi connectivity index (χ1v) is 11.5. The summed E-state index contributed by atoms with van der Waals surface area (Å²) in [5.41, 5.74) is 2.10. The zero-order valence-electron chi connectivity index (χ0n) is 19.2. The van der Waals surface area contributed by atoms with Crippen LogP contribution in [0, 0.1) is 5.82 Å². The molecule has 0 radical (unpaired) electrons. The summed E-state index contributed by atoms with van der Waals surface area (Å²) in [7, 11) is 0. The molecule has 1 saturated heterocycles. The molecule has 3 aromatic carbocycles. The highest BCUT2D eigenvalue weighted by atomic mass is 19.1. The molecule has 0 saturated carbocycles. The SMILES string of the molecule is O=C(OCC(=O)N1CCN(c2ccc(F)cc2)CC1)c1ccc(N2C(=O)c3ccccc3C2=O)cc1. The smallest absolute Gasteiger partial charge is 0.338 e. The van der Waals surface area contributed by atoms with E-state index in [1.54, 1.807) is 41.3 Å². The van der Waals surface area contributed by atoms with Gasteiger partial charge in [0.25, 0.3) is 17.7 Å². The maximum absolute atomic E-state index is 13.1. The number of benzene rings is 3. The average molecular weight is 487 g/mol. The van der Waals surface area contributed by atoms with Crippen molar-refractivity contribution in [2.45, 2.75) is 0 Å². The lowest BCUT2D eigenvalue weighted by Crippen LogP contribution is -2.49. The van der Waals surface area contributed by atoms with Crippen LogP contribution in [0.3, 0.4) is 0 Å². The highest BCUT2D eigenvalue weighted by Crippen LogP contribution is 2.28. The molecule has 0 atom stereocenters. The summed E-state index contributed by atoms with van der Waals surface area (Å²) in [4.78, 5) is 55.0. The Kier molecular flexibility index (Phi) is 6.20. The number of nitrogens with zero attached hydrogens (tertiary/aromatic N) is 3. The van der Waals surface area contributed by atoms with E-state index < -0.39 is 24.4 Å². The van der Waals surface area contributed by atoms with Crippen LogP contribution in [0.15, 0.2) is 72.8 Å². The van der Waals surface area contributed by atoms with E-state index in [2.05, 4.69) is 4.90 Å². The lowest BCUT2D eigenvalue weighted by molar-refractivity contribution is -0.134. The molecule has 1 fully saturated rings. The van der Waals surface area contributed by atoms with Crippen LogP contribution >= 0.6 is 0 Å². The van der Waals surface area contributed by atoms with Crippen molar-refractivity contribution in [3.05, 3.63) is 95.3 Å². The number of hydrogen-bond donors (Lipinski definition) is 0. The van der Waals surface area contributed by atoms with Gasteiger partial charge in [0.15, 0.2) is 6.61 Å². The maximum Gasteiger partial charge on any atom is 0.338 e. The zero-order valence-corrected chi connectivity index (χ0v) is 19.2. The third-order valence-corrected chi connectivity index (χ3v) is 6.31. The number of halogens is 1. The van der Waals surface area contributed by atoms with Crippen LogP contribution < -0.4 is 9.80 Å². The largest absolute Gasteiger partial charge is 0.452 e. The minimum Gasteiger partial charge on any atom is -0.452 e. The number of imide groups is 1. The molecule has 9 heteroatoms. The quantitative estimate of drug-likeness (QED) is 0.406. The molecular formula is C27H22FN3O5. The molecule has 36 heavy (non-hydrogen) atoms. The molecule has 8 nitrogen and oxygen atoms in total. The summed E-state index contributed by atoms with van der Waals surface area (Å²) < 4.78 is 18.3. The van der Waals surface area contributed by atoms with Crippen LogP contribution in [-0.4, -0.2) is 61.4 Å². The molecule has 0 N–H and O–H groups in total. The van der Waals surface area contributed by atoms with Crippen LogP contribution in [0.5, 0.6) is 0 Å². The van der Waals surface area contributed by atoms with Gasteiger partial charge in [0.2, 0.25) is 0 Å². The van der Waals surface area contributed by atoms with Gasteiger partial charge < -0.3 is 14.5 Å². The fourth-order valence-corrected chi connectivity index (χ4v) is 4.34. The summed E-state index contributed by atoms with van der Waals surface area (Å²) in [5.74, 6) is -2.12. The van der Waals surface area contributed by atoms with Crippen LogP contribution in [-0.2, 0) is 9.53 Å². The molecule has 182 valence electrons. The van der Waals surface area contributed by atoms with Gasteiger partial charge >= 0.3 is 5.97 Å². The number of rotatable bonds is 5. The third-order valence-electron chi connectivity index (χ3n) is 6.31. The predicted octanol–water partition coefficient (Wildman–Crippen LogP) is 3.13. The highest BCUT2D eigenvalue weighted by molar-refractivity contribution is 6.34. The number of hydrogen-bond acceptors (Lipinski definition) is 6. The minimum atomic E-state index is -0.679. The average Bonchev–Trinajstić information content (AvgIpc) is 3.17. The van der Waals surface area contributed by atoms with E-state index in [9.17, 15) is 23.6 Å². The molecule has 0 spiro atoms. The van der Waals surface area contributed by atoms with Crippen molar-refractivity contribution in [1.82, 2.24) is 4.90 Å². The number of amides is 3. The van der Waals surface area contributed by atoms with E-state index in [1.807, 2.05) is 0 Å². The van der Waals surface area contributed by atoms with E-state index in [0.29, 0.717) is 43.0 Å². The van der Waals surface area contributed by atoms with Crippen molar-refractivity contribution < 1.29 is 28.3 Å². The zero-order chi connectivity index (χ0) is 25.2. The Bertz CT molecular complexity index is 1300. The summed E-state index contributed by atoms with van der Waals surface area (Å²) in [6.45, 7) is 1.70. The summed E-state index contributed by atoms with van der Waals surface area (Å²) in [6, 6.07) is 18.7. The van der Waals surface area contributed by atoms with E-state index in [-0.39, 0.29) is 17.3 Å². The van der Waals surface area contributed by atoms with E-state index in [1.165, 1.54) is 36.4 Å². The Balaban J connectivity index is 1.14. The lowest BCUT2D eigenvalue weighted by atomic mass is 10.1. The van der Waals surface area contributed by atoms with E-state index in [0.717, 1.165) is 10.6 Å². The van der Waals surface area contributed by atoms with Crippen LogP contribution in [0.4, 0.5) is 15.8 Å². The van der Waals surface area contributed by atoms with Gasteiger partial charge in [-0.3, -0.25) is 14.4 Å². The lowest BCUT2D eigenvalue weighted by Gasteiger charge is -2.36. The number of anilines is 2. The molecule has 2 aliphatic rings. The van der Waals surface area contributed by atoms with Gasteiger partial charge in [-0.05, 0) is 60.7 Å². The number of esters is 1. The summed E-state index contributed by atoms with van der Waals surface area (Å²) in [6.07, 6.45) is 0. The maximum atomic E-state index is 13.1. The van der Waals surface area contributed by atoms with Gasteiger partial charge in [-0.2, -0.15) is 0 Å². The van der Waals surface area contributed by atoms with Gasteiger partial charge in [-0.15, -0.1) is 0 Å². The van der Waals surface area contributed by atoms with Crippen molar-refractivity contribution >= 4 is 35.1 Å². The standard InChI is InChI=1S/C27H22FN3O5/c28-19-7-11-20(12-8-19)29-13-15-30(16-14-29)24(32)17-36-27(35)18-5-9-21(10-6-18)31-25(33)22-3-1-2-4-23(22)26(31)34/h1-12H,13-17H2. The van der Waals surface area contributed by atoms with Gasteiger partial charge in [0.05, 0.1) is 22.4 Å². The minimum absolute atomic E-state index is 0.198. The molecule has 0 aliphatic carbocycles. The second-order valence-electron chi connectivity index (χ2n) is 8.46. The van der Waals surface area contributed by atoms with Crippen molar-refractivity contribution in [2.24, 2.45) is 0 Å². The summed E-state index contributed by atoms with van der Waals surface area (Å²) in [5, 5.41) is 0. The second-order valence-corrected chi connectivity index (χ2v) is 8.46. The Morgan fingerprint density at radius 2 is 1.31 bits per heavy atom. The van der Waals surface area contributed by atoms with Crippen molar-refractivity contribution in [3.8, 4) is 0 Å². The van der Waals surface area contributed by atoms with E-state index >= 15 is 0 Å². The summed E-state index contributed by atoms with van der Waals surface area (Å²) >= 11 is 0. The van der Waals surface area contributed by atoms with Crippen LogP contribution in [0.25, 0.3) is 0 Å². The van der Waals surface area contributed by atoms with Crippen LogP contribution in [0.2, 0.25) is 0 Å². The molecule has 0 bridgehead atoms. The van der Waals surface area contributed by atoms with Crippen molar-refractivity contribution in [2.75, 3.05) is 42.6 Å². The third kappa shape index (κ3) is 4.43. The molecule has 0 aromatic heterocycles. The monoisotopic (exact) mass is 487 g/mol. The van der Waals surface area contributed by atoms with Gasteiger partial charge in [0.1, 0.15) is 5.82 Å². The Morgan fingerprint density at radius 3 is 1.89 bits per heavy atom. The Hall–Kier alpha value is -4.53. The fourth-order valence-electron chi connectivity index (χ4n) is 4.34. The number of carbonyl (C=O) groups excluding carboxylic acids is 4. The van der Waals surface area contributed by atoms with Gasteiger partial charge in [0, 0.05) is 31.9 Å². The Labute approximate surface area is 206 Å². The Morgan fingerprint density at radius 1 is 0.750 bits per heavy atom. The van der Waals surface area contributed by atoms with Crippen molar-refractivity contribution in [1.29, 1.82) is 0 Å². The van der Waals surface area contributed by atoms with Crippen molar-refractivity contribution in [3.63, 3.8) is 0 Å². The number of piperazine rings is 1. The molecule has 0 unspecified atom stereocenters. The normalized spacial score (nSPS) is 15.2. The number of ether oxygens (including phenoxy) is 1. The topological polar surface area (TPSA) is 87.2 Å². The second kappa shape index (κ2) is 9.61. The first-order chi connectivity index (χ1) is 17.4. The number of carbonyl (C=O) groups is 4. The first-order valence-electron chi connectivity index (χ1n) is 11.5. The molecule has 3 aromatic rings. The molecule has 2 aliphatic heterocycles. The van der Waals surface area contributed by atoms with Gasteiger partial charge in [-0.25, -0.2) is 14.1 Å². The van der Waals surface area contributed by atoms with Crippen LogP contribution in [0.1, 0.15) is 31.1 Å². The molecular weight excluding hydrogens is 465 g/mol. The molecule has 5 rings (SSSR count). The van der Waals surface area contributed by atoms with E-state index in [4.69, 9.17) is 4.74 Å². The fraction of sp³-hybridized carbons (Fsp3) is 0.185. The molecule has 2 heterocycles. The first kappa shape index (κ1) is 23.2. The van der Waals surface area contributed by atoms with Gasteiger partial charge in [-0.1, -0.05) is 12.1 Å². The predicted molar refractivity (Wildman–Crippen MR) is 129 cm³/mol. The number of fused-ring (bicyclic) bond motifs is 1. The molecule has 3 amide bonds.